The fraction of sp³-hybridized carbons (Fsp3) is 0.409. The Balaban J connectivity index is 1.79. The third kappa shape index (κ3) is 3.34. The Morgan fingerprint density at radius 1 is 1.00 bits per heavy atom. The van der Waals surface area contributed by atoms with Gasteiger partial charge in [0, 0.05) is 12.5 Å². The van der Waals surface area contributed by atoms with Crippen LogP contribution in [-0.4, -0.2) is 30.1 Å². The molecule has 0 unspecified atom stereocenters. The average Bonchev–Trinajstić information content (AvgIpc) is 2.68. The molecule has 1 fully saturated rings. The van der Waals surface area contributed by atoms with Crippen LogP contribution in [0.2, 0.25) is 0 Å². The fourth-order valence-electron chi connectivity index (χ4n) is 4.20. The summed E-state index contributed by atoms with van der Waals surface area (Å²) >= 11 is 0. The quantitative estimate of drug-likeness (QED) is 0.774. The summed E-state index contributed by atoms with van der Waals surface area (Å²) in [5.41, 5.74) is 2.16. The normalized spacial score (nSPS) is 25.8. The van der Waals surface area contributed by atoms with E-state index in [1.54, 1.807) is 0 Å². The summed E-state index contributed by atoms with van der Waals surface area (Å²) in [6.45, 7) is 3.53. The maximum Gasteiger partial charge on any atom is 0.303 e. The lowest BCUT2D eigenvalue weighted by Crippen LogP contribution is -2.47. The van der Waals surface area contributed by atoms with Crippen LogP contribution in [0.15, 0.2) is 54.6 Å². The van der Waals surface area contributed by atoms with E-state index in [9.17, 15) is 4.79 Å². The molecule has 2 heterocycles. The molecular weight excluding hydrogens is 326 g/mol. The van der Waals surface area contributed by atoms with Crippen molar-refractivity contribution in [3.8, 4) is 5.75 Å². The highest BCUT2D eigenvalue weighted by Crippen LogP contribution is 2.45. The van der Waals surface area contributed by atoms with Gasteiger partial charge in [-0.3, -0.25) is 9.69 Å². The molecule has 0 spiro atoms. The number of likely N-dealkylation sites (tertiary alicyclic amines) is 1. The summed E-state index contributed by atoms with van der Waals surface area (Å²) in [5.74, 6) is 0.626. The van der Waals surface area contributed by atoms with Gasteiger partial charge in [-0.2, -0.15) is 0 Å². The van der Waals surface area contributed by atoms with Crippen molar-refractivity contribution in [2.45, 2.75) is 44.4 Å². The summed E-state index contributed by atoms with van der Waals surface area (Å²) in [4.78, 5) is 14.4. The summed E-state index contributed by atoms with van der Waals surface area (Å²) in [5, 5.41) is 0. The Bertz CT molecular complexity index is 755. The number of carbonyl (C=O) groups excluding carboxylic acids is 1. The Labute approximate surface area is 154 Å². The number of fused-ring (bicyclic) bond motifs is 1. The molecule has 1 saturated heterocycles. The Morgan fingerprint density at radius 2 is 1.69 bits per heavy atom. The van der Waals surface area contributed by atoms with Crippen molar-refractivity contribution in [2.75, 3.05) is 13.1 Å². The molecule has 26 heavy (non-hydrogen) atoms. The third-order valence-electron chi connectivity index (χ3n) is 5.32. The highest BCUT2D eigenvalue weighted by molar-refractivity contribution is 5.66. The Kier molecular flexibility index (Phi) is 4.93. The first-order valence-electron chi connectivity index (χ1n) is 9.46. The summed E-state index contributed by atoms with van der Waals surface area (Å²) in [6.07, 6.45) is 2.97. The molecule has 4 rings (SSSR count). The van der Waals surface area contributed by atoms with Crippen LogP contribution in [0, 0.1) is 0 Å². The molecule has 0 radical (unpaired) electrons. The molecule has 3 atom stereocenters. The lowest BCUT2D eigenvalue weighted by molar-refractivity contribution is -0.160. The van der Waals surface area contributed by atoms with E-state index < -0.39 is 0 Å². The highest BCUT2D eigenvalue weighted by Gasteiger charge is 2.44. The van der Waals surface area contributed by atoms with E-state index in [1.807, 2.05) is 48.5 Å². The zero-order chi connectivity index (χ0) is 17.9. The SMILES string of the molecule is CC(=O)O[C@@H]1[C@@H](c2ccccc2)Oc2ccccc2[C@H]1N1CCCCC1. The van der Waals surface area contributed by atoms with E-state index in [0.717, 1.165) is 30.0 Å². The molecule has 0 aromatic heterocycles. The van der Waals surface area contributed by atoms with E-state index in [2.05, 4.69) is 11.0 Å². The molecular formula is C22H25NO3. The molecule has 4 heteroatoms. The van der Waals surface area contributed by atoms with E-state index in [1.165, 1.54) is 26.2 Å². The van der Waals surface area contributed by atoms with Gasteiger partial charge in [0.05, 0.1) is 6.04 Å². The van der Waals surface area contributed by atoms with Crippen molar-refractivity contribution in [1.82, 2.24) is 4.90 Å². The lowest BCUT2D eigenvalue weighted by Gasteiger charge is -2.45. The fourth-order valence-corrected chi connectivity index (χ4v) is 4.20. The van der Waals surface area contributed by atoms with Crippen molar-refractivity contribution in [1.29, 1.82) is 0 Å². The van der Waals surface area contributed by atoms with Gasteiger partial charge >= 0.3 is 5.97 Å². The smallest absolute Gasteiger partial charge is 0.303 e. The van der Waals surface area contributed by atoms with Crippen molar-refractivity contribution < 1.29 is 14.3 Å². The van der Waals surface area contributed by atoms with E-state index in [-0.39, 0.29) is 24.2 Å². The molecule has 0 aliphatic carbocycles. The first-order valence-corrected chi connectivity index (χ1v) is 9.46. The second-order valence-corrected chi connectivity index (χ2v) is 7.10. The van der Waals surface area contributed by atoms with Crippen LogP contribution in [0.1, 0.15) is 49.5 Å². The van der Waals surface area contributed by atoms with Crippen LogP contribution in [-0.2, 0) is 9.53 Å². The lowest BCUT2D eigenvalue weighted by atomic mass is 9.88. The second kappa shape index (κ2) is 7.50. The molecule has 0 bridgehead atoms. The number of carbonyl (C=O) groups is 1. The van der Waals surface area contributed by atoms with Crippen molar-refractivity contribution >= 4 is 5.97 Å². The Morgan fingerprint density at radius 3 is 2.42 bits per heavy atom. The minimum Gasteiger partial charge on any atom is -0.481 e. The van der Waals surface area contributed by atoms with Crippen molar-refractivity contribution in [3.63, 3.8) is 0 Å². The number of nitrogens with zero attached hydrogens (tertiary/aromatic N) is 1. The van der Waals surface area contributed by atoms with Crippen LogP contribution in [0.25, 0.3) is 0 Å². The first-order chi connectivity index (χ1) is 12.7. The number of ether oxygens (including phenoxy) is 2. The zero-order valence-corrected chi connectivity index (χ0v) is 15.1. The molecule has 2 aliphatic heterocycles. The summed E-state index contributed by atoms with van der Waals surface area (Å²) in [7, 11) is 0. The monoisotopic (exact) mass is 351 g/mol. The number of para-hydroxylation sites is 1. The van der Waals surface area contributed by atoms with E-state index in [0.29, 0.717) is 0 Å². The topological polar surface area (TPSA) is 38.8 Å². The van der Waals surface area contributed by atoms with Gasteiger partial charge in [0.15, 0.2) is 12.2 Å². The highest BCUT2D eigenvalue weighted by atomic mass is 16.6. The van der Waals surface area contributed by atoms with Crippen molar-refractivity contribution in [2.24, 2.45) is 0 Å². The van der Waals surface area contributed by atoms with Gasteiger partial charge in [0.1, 0.15) is 5.75 Å². The first kappa shape index (κ1) is 17.1. The number of rotatable bonds is 3. The second-order valence-electron chi connectivity index (χ2n) is 7.10. The largest absolute Gasteiger partial charge is 0.481 e. The van der Waals surface area contributed by atoms with Gasteiger partial charge in [-0.15, -0.1) is 0 Å². The van der Waals surface area contributed by atoms with Crippen LogP contribution < -0.4 is 4.74 Å². The van der Waals surface area contributed by atoms with Crippen LogP contribution in [0.3, 0.4) is 0 Å². The zero-order valence-electron chi connectivity index (χ0n) is 15.1. The number of hydrogen-bond acceptors (Lipinski definition) is 4. The molecule has 2 aromatic carbocycles. The third-order valence-corrected chi connectivity index (χ3v) is 5.32. The van der Waals surface area contributed by atoms with Gasteiger partial charge in [-0.05, 0) is 37.6 Å². The summed E-state index contributed by atoms with van der Waals surface area (Å²) < 4.78 is 12.2. The molecule has 0 saturated carbocycles. The predicted octanol–water partition coefficient (Wildman–Crippen LogP) is 4.28. The minimum absolute atomic E-state index is 0.0226. The van der Waals surface area contributed by atoms with Gasteiger partial charge < -0.3 is 9.47 Å². The van der Waals surface area contributed by atoms with Gasteiger partial charge in [-0.25, -0.2) is 0 Å². The Hall–Kier alpha value is -2.33. The molecule has 0 amide bonds. The van der Waals surface area contributed by atoms with E-state index >= 15 is 0 Å². The maximum absolute atomic E-state index is 11.9. The predicted molar refractivity (Wildman–Crippen MR) is 100.0 cm³/mol. The van der Waals surface area contributed by atoms with Crippen LogP contribution in [0.4, 0.5) is 0 Å². The summed E-state index contributed by atoms with van der Waals surface area (Å²) in [6, 6.07) is 18.3. The molecule has 136 valence electrons. The number of piperidine rings is 1. The van der Waals surface area contributed by atoms with E-state index in [4.69, 9.17) is 9.47 Å². The standard InChI is InChI=1S/C22H25NO3/c1-16(24)25-22-20(23-14-8-3-9-15-23)18-12-6-7-13-19(18)26-21(22)17-10-4-2-5-11-17/h2,4-7,10-13,20-22H,3,8-9,14-15H2,1H3/t20-,21-,22+/m1/s1. The van der Waals surface area contributed by atoms with Gasteiger partial charge in [-0.1, -0.05) is 55.0 Å². The number of benzene rings is 2. The number of hydrogen-bond donors (Lipinski definition) is 0. The van der Waals surface area contributed by atoms with Crippen molar-refractivity contribution in [3.05, 3.63) is 65.7 Å². The molecule has 2 aromatic rings. The molecule has 2 aliphatic rings. The van der Waals surface area contributed by atoms with Crippen LogP contribution in [0.5, 0.6) is 5.75 Å². The average molecular weight is 351 g/mol. The van der Waals surface area contributed by atoms with Gasteiger partial charge in [0.2, 0.25) is 0 Å². The minimum atomic E-state index is -0.358. The van der Waals surface area contributed by atoms with Gasteiger partial charge in [0.25, 0.3) is 0 Å². The molecule has 0 N–H and O–H groups in total. The maximum atomic E-state index is 11.9. The number of esters is 1. The molecule has 4 nitrogen and oxygen atoms in total. The van der Waals surface area contributed by atoms with Crippen LogP contribution >= 0.6 is 0 Å².